The lowest BCUT2D eigenvalue weighted by Gasteiger charge is -2.21. The van der Waals surface area contributed by atoms with Crippen LogP contribution in [0.2, 0.25) is 0 Å². The van der Waals surface area contributed by atoms with Crippen LogP contribution < -0.4 is 4.90 Å². The maximum absolute atomic E-state index is 12.7. The van der Waals surface area contributed by atoms with Gasteiger partial charge in [0.05, 0.1) is 16.8 Å². The van der Waals surface area contributed by atoms with Crippen LogP contribution in [0.5, 0.6) is 0 Å². The van der Waals surface area contributed by atoms with Gasteiger partial charge in [0.25, 0.3) is 0 Å². The molecule has 5 rings (SSSR count). The van der Waals surface area contributed by atoms with Gasteiger partial charge in [-0.1, -0.05) is 30.3 Å². The highest BCUT2D eigenvalue weighted by Gasteiger charge is 2.53. The van der Waals surface area contributed by atoms with Gasteiger partial charge in [-0.05, 0) is 12.1 Å². The van der Waals surface area contributed by atoms with E-state index in [0.29, 0.717) is 11.4 Å². The van der Waals surface area contributed by atoms with Gasteiger partial charge in [-0.25, -0.2) is 9.97 Å². The summed E-state index contributed by atoms with van der Waals surface area (Å²) < 4.78 is 5.63. The smallest absolute Gasteiger partial charge is 0.197 e. The molecule has 1 aliphatic heterocycles. The number of aromatic nitrogens is 2. The summed E-state index contributed by atoms with van der Waals surface area (Å²) >= 11 is 0. The molecule has 5 nitrogen and oxygen atoms in total. The lowest BCUT2D eigenvalue weighted by Crippen LogP contribution is -2.21. The summed E-state index contributed by atoms with van der Waals surface area (Å²) in [5, 5.41) is 0.838. The van der Waals surface area contributed by atoms with Crippen LogP contribution in [0.1, 0.15) is 22.2 Å². The second kappa shape index (κ2) is 4.61. The molecule has 2 heterocycles. The van der Waals surface area contributed by atoms with Crippen LogP contribution in [0, 0.1) is 0 Å². The van der Waals surface area contributed by atoms with Crippen molar-refractivity contribution in [3.05, 3.63) is 53.7 Å². The summed E-state index contributed by atoms with van der Waals surface area (Å²) in [6, 6.07) is 13.8. The second-order valence-corrected chi connectivity index (χ2v) is 6.39. The van der Waals surface area contributed by atoms with Crippen LogP contribution in [0.4, 0.5) is 5.69 Å². The van der Waals surface area contributed by atoms with Crippen LogP contribution >= 0.6 is 0 Å². The van der Waals surface area contributed by atoms with E-state index in [-0.39, 0.29) is 18.0 Å². The summed E-state index contributed by atoms with van der Waals surface area (Å²) in [6.45, 7) is 0. The number of ether oxygens (including phenoxy) is 1. The molecule has 0 spiro atoms. The fraction of sp³-hybridized carbons (Fsp3) is 0.211. The number of ketones is 1. The average Bonchev–Trinajstić information content (AvgIpc) is 3.40. The number of anilines is 1. The third-order valence-corrected chi connectivity index (χ3v) is 4.65. The molecule has 0 N–H and O–H groups in total. The summed E-state index contributed by atoms with van der Waals surface area (Å²) in [5.74, 6) is 0.711. The van der Waals surface area contributed by atoms with Crippen molar-refractivity contribution in [2.24, 2.45) is 0 Å². The minimum atomic E-state index is -0.389. The number of Topliss-reactive ketones (excluding diaryl/α,β-unsaturated/α-hetero) is 1. The molecule has 118 valence electrons. The number of epoxide rings is 1. The molecule has 1 saturated heterocycles. The molecule has 0 radical (unpaired) electrons. The molecule has 0 bridgehead atoms. The topological polar surface area (TPSA) is 58.6 Å². The Labute approximate surface area is 138 Å². The first kappa shape index (κ1) is 13.6. The number of rotatable bonds is 2. The van der Waals surface area contributed by atoms with Crippen LogP contribution in [0.15, 0.2) is 42.5 Å². The van der Waals surface area contributed by atoms with E-state index in [1.54, 1.807) is 0 Å². The summed E-state index contributed by atoms with van der Waals surface area (Å²) in [7, 11) is 3.87. The van der Waals surface area contributed by atoms with E-state index >= 15 is 0 Å². The third kappa shape index (κ3) is 1.76. The maximum Gasteiger partial charge on any atom is 0.197 e. The van der Waals surface area contributed by atoms with Gasteiger partial charge < -0.3 is 9.64 Å². The Bertz CT molecular complexity index is 998. The Morgan fingerprint density at radius 1 is 1.00 bits per heavy atom. The minimum Gasteiger partial charge on any atom is -0.377 e. The molecule has 2 aromatic carbocycles. The monoisotopic (exact) mass is 317 g/mol. The van der Waals surface area contributed by atoms with E-state index in [4.69, 9.17) is 14.7 Å². The van der Waals surface area contributed by atoms with Crippen molar-refractivity contribution >= 4 is 22.4 Å². The van der Waals surface area contributed by atoms with Gasteiger partial charge in [0, 0.05) is 30.7 Å². The van der Waals surface area contributed by atoms with Gasteiger partial charge in [-0.3, -0.25) is 4.79 Å². The molecular weight excluding hydrogens is 302 g/mol. The van der Waals surface area contributed by atoms with Crippen molar-refractivity contribution < 1.29 is 9.53 Å². The molecule has 1 fully saturated rings. The standard InChI is InChI=1S/C19H15N3O2/c1-22(2)12-9-8-11-13-14(12)16(23)18-17(24-18)15(13)21-19(20-11)10-6-4-3-5-7-10/h3-9,17-18H,1-2H3/t17-,18+/m1/s1. The zero-order chi connectivity index (χ0) is 16.4. The number of fused-ring (bicyclic) bond motifs is 2. The fourth-order valence-corrected chi connectivity index (χ4v) is 3.45. The van der Waals surface area contributed by atoms with E-state index in [1.165, 1.54) is 0 Å². The van der Waals surface area contributed by atoms with Crippen LogP contribution in [0.25, 0.3) is 22.3 Å². The van der Waals surface area contributed by atoms with Gasteiger partial charge >= 0.3 is 0 Å². The van der Waals surface area contributed by atoms with Gasteiger partial charge in [0.2, 0.25) is 0 Å². The molecule has 0 saturated carbocycles. The van der Waals surface area contributed by atoms with E-state index in [0.717, 1.165) is 27.8 Å². The summed E-state index contributed by atoms with van der Waals surface area (Å²) in [5.41, 5.74) is 4.16. The van der Waals surface area contributed by atoms with Gasteiger partial charge in [0.15, 0.2) is 17.7 Å². The first-order chi connectivity index (χ1) is 11.6. The highest BCUT2D eigenvalue weighted by atomic mass is 16.6. The number of hydrogen-bond acceptors (Lipinski definition) is 5. The number of hydrogen-bond donors (Lipinski definition) is 0. The number of nitrogens with zero attached hydrogens (tertiary/aromatic N) is 3. The van der Waals surface area contributed by atoms with Crippen molar-refractivity contribution in [1.29, 1.82) is 0 Å². The lowest BCUT2D eigenvalue weighted by atomic mass is 9.90. The van der Waals surface area contributed by atoms with Crippen LogP contribution in [0.3, 0.4) is 0 Å². The second-order valence-electron chi connectivity index (χ2n) is 6.39. The molecule has 5 heteroatoms. The SMILES string of the molecule is CN(C)c1ccc2nc(-c3ccccc3)nc3c2c1C(=O)[C@@H]1O[C@H]31. The van der Waals surface area contributed by atoms with Crippen molar-refractivity contribution in [2.75, 3.05) is 19.0 Å². The number of benzene rings is 2. The van der Waals surface area contributed by atoms with E-state index in [1.807, 2.05) is 61.5 Å². The van der Waals surface area contributed by atoms with Crippen molar-refractivity contribution in [3.63, 3.8) is 0 Å². The van der Waals surface area contributed by atoms with Gasteiger partial charge in [0.1, 0.15) is 6.10 Å². The van der Waals surface area contributed by atoms with Crippen molar-refractivity contribution in [1.82, 2.24) is 9.97 Å². The Morgan fingerprint density at radius 2 is 1.79 bits per heavy atom. The average molecular weight is 317 g/mol. The third-order valence-electron chi connectivity index (χ3n) is 4.65. The minimum absolute atomic E-state index is 0.0397. The zero-order valence-electron chi connectivity index (χ0n) is 13.4. The van der Waals surface area contributed by atoms with Gasteiger partial charge in [-0.2, -0.15) is 0 Å². The predicted molar refractivity (Wildman–Crippen MR) is 91.2 cm³/mol. The molecule has 0 amide bonds. The maximum atomic E-state index is 12.7. The Morgan fingerprint density at radius 3 is 2.54 bits per heavy atom. The van der Waals surface area contributed by atoms with E-state index in [2.05, 4.69) is 0 Å². The number of carbonyl (C=O) groups is 1. The predicted octanol–water partition coefficient (Wildman–Crippen LogP) is 3.00. The Hall–Kier alpha value is -2.79. The molecule has 0 unspecified atom stereocenters. The summed E-state index contributed by atoms with van der Waals surface area (Å²) in [4.78, 5) is 24.1. The Kier molecular flexibility index (Phi) is 2.62. The fourth-order valence-electron chi connectivity index (χ4n) is 3.45. The molecule has 1 aliphatic carbocycles. The largest absolute Gasteiger partial charge is 0.377 e. The zero-order valence-corrected chi connectivity index (χ0v) is 13.4. The Balaban J connectivity index is 1.85. The molecule has 24 heavy (non-hydrogen) atoms. The highest BCUT2D eigenvalue weighted by Crippen LogP contribution is 2.50. The van der Waals surface area contributed by atoms with Crippen LogP contribution in [-0.4, -0.2) is 36.0 Å². The van der Waals surface area contributed by atoms with E-state index in [9.17, 15) is 4.79 Å². The first-order valence-electron chi connectivity index (χ1n) is 7.92. The highest BCUT2D eigenvalue weighted by molar-refractivity contribution is 6.18. The first-order valence-corrected chi connectivity index (χ1v) is 7.92. The molecule has 1 aromatic heterocycles. The van der Waals surface area contributed by atoms with E-state index < -0.39 is 0 Å². The molecular formula is C19H15N3O2. The van der Waals surface area contributed by atoms with Crippen molar-refractivity contribution in [3.8, 4) is 11.4 Å². The van der Waals surface area contributed by atoms with Crippen LogP contribution in [-0.2, 0) is 4.74 Å². The van der Waals surface area contributed by atoms with Crippen molar-refractivity contribution in [2.45, 2.75) is 12.2 Å². The molecule has 2 aliphatic rings. The quantitative estimate of drug-likeness (QED) is 0.680. The normalized spacial score (nSPS) is 20.8. The molecule has 2 atom stereocenters. The van der Waals surface area contributed by atoms with Gasteiger partial charge in [-0.15, -0.1) is 0 Å². The molecule has 3 aromatic rings. The lowest BCUT2D eigenvalue weighted by molar-refractivity contribution is 0.0956. The number of carbonyl (C=O) groups excluding carboxylic acids is 1. The summed E-state index contributed by atoms with van der Waals surface area (Å²) in [6.07, 6.45) is -0.615.